The van der Waals surface area contributed by atoms with Gasteiger partial charge in [0.1, 0.15) is 5.01 Å². The van der Waals surface area contributed by atoms with Gasteiger partial charge in [-0.2, -0.15) is 0 Å². The minimum Gasteiger partial charge on any atom is -0.469 e. The van der Waals surface area contributed by atoms with Gasteiger partial charge in [0.15, 0.2) is 5.01 Å². The number of aryl methyl sites for hydroxylation is 1. The summed E-state index contributed by atoms with van der Waals surface area (Å²) < 4.78 is 10.3. The van der Waals surface area contributed by atoms with E-state index in [0.717, 1.165) is 16.3 Å². The second-order valence-corrected chi connectivity index (χ2v) is 7.80. The van der Waals surface area contributed by atoms with Gasteiger partial charge in [-0.25, -0.2) is 0 Å². The van der Waals surface area contributed by atoms with Crippen molar-refractivity contribution >= 4 is 28.9 Å². The fraction of sp³-hybridized carbons (Fsp3) is 0.350. The number of aromatic nitrogens is 3. The van der Waals surface area contributed by atoms with Crippen LogP contribution in [0.1, 0.15) is 35.0 Å². The van der Waals surface area contributed by atoms with Crippen LogP contribution in [0.3, 0.4) is 0 Å². The Labute approximate surface area is 172 Å². The van der Waals surface area contributed by atoms with E-state index in [1.165, 1.54) is 18.4 Å². The zero-order chi connectivity index (χ0) is 21.0. The van der Waals surface area contributed by atoms with Crippen LogP contribution >= 0.6 is 11.3 Å². The molecule has 0 saturated heterocycles. The van der Waals surface area contributed by atoms with Gasteiger partial charge in [-0.05, 0) is 26.0 Å². The van der Waals surface area contributed by atoms with Crippen LogP contribution in [0.25, 0.3) is 10.8 Å². The van der Waals surface area contributed by atoms with Gasteiger partial charge >= 0.3 is 5.97 Å². The molecular weight excluding hydrogens is 392 g/mol. The average Bonchev–Trinajstić information content (AvgIpc) is 3.32. The van der Waals surface area contributed by atoms with Gasteiger partial charge in [-0.1, -0.05) is 34.7 Å². The number of carbonyl (C=O) groups is 2. The average molecular weight is 414 g/mol. The summed E-state index contributed by atoms with van der Waals surface area (Å²) >= 11 is 1.39. The van der Waals surface area contributed by atoms with E-state index in [1.54, 1.807) is 11.9 Å². The molecular formula is C20H22N4O4S. The molecule has 1 unspecified atom stereocenters. The van der Waals surface area contributed by atoms with Crippen molar-refractivity contribution < 1.29 is 18.8 Å². The van der Waals surface area contributed by atoms with Crippen LogP contribution in [-0.4, -0.2) is 41.4 Å². The lowest BCUT2D eigenvalue weighted by atomic mass is 9.93. The summed E-state index contributed by atoms with van der Waals surface area (Å²) in [6, 6.07) is 9.32. The fourth-order valence-corrected chi connectivity index (χ4v) is 3.74. The Morgan fingerprint density at radius 2 is 1.90 bits per heavy atom. The fourth-order valence-electron chi connectivity index (χ4n) is 3.01. The second kappa shape index (κ2) is 8.95. The maximum Gasteiger partial charge on any atom is 0.306 e. The summed E-state index contributed by atoms with van der Waals surface area (Å²) in [6.45, 7) is 3.69. The van der Waals surface area contributed by atoms with Gasteiger partial charge in [0.05, 0.1) is 19.2 Å². The number of hydrogen-bond acceptors (Lipinski definition) is 8. The van der Waals surface area contributed by atoms with E-state index in [-0.39, 0.29) is 18.7 Å². The third kappa shape index (κ3) is 4.68. The molecule has 0 aliphatic heterocycles. The molecule has 3 rings (SSSR count). The third-order valence-electron chi connectivity index (χ3n) is 4.65. The second-order valence-electron chi connectivity index (χ2n) is 6.62. The highest BCUT2D eigenvalue weighted by Crippen LogP contribution is 2.34. The van der Waals surface area contributed by atoms with E-state index in [9.17, 15) is 9.59 Å². The van der Waals surface area contributed by atoms with Crippen molar-refractivity contribution in [2.75, 3.05) is 19.1 Å². The Hall–Kier alpha value is -3.07. The van der Waals surface area contributed by atoms with Crippen molar-refractivity contribution in [3.05, 3.63) is 46.6 Å². The normalized spacial score (nSPS) is 11.9. The Balaban J connectivity index is 1.87. The number of anilines is 1. The molecule has 3 aromatic rings. The number of amides is 1. The number of para-hydroxylation sites is 1. The van der Waals surface area contributed by atoms with Gasteiger partial charge in [-0.3, -0.25) is 9.59 Å². The van der Waals surface area contributed by atoms with E-state index in [4.69, 9.17) is 9.26 Å². The molecule has 1 amide bonds. The minimum atomic E-state index is -0.479. The molecule has 0 N–H and O–H groups in total. The van der Waals surface area contributed by atoms with Gasteiger partial charge in [0.25, 0.3) is 0 Å². The quantitative estimate of drug-likeness (QED) is 0.546. The molecule has 0 bridgehead atoms. The molecule has 1 aromatic carbocycles. The molecule has 0 aliphatic rings. The highest BCUT2D eigenvalue weighted by molar-refractivity contribution is 7.14. The monoisotopic (exact) mass is 414 g/mol. The topological polar surface area (TPSA) is 98.4 Å². The molecule has 0 aliphatic carbocycles. The summed E-state index contributed by atoms with van der Waals surface area (Å²) in [4.78, 5) is 26.4. The van der Waals surface area contributed by atoms with Crippen LogP contribution in [0.4, 0.5) is 5.69 Å². The van der Waals surface area contributed by atoms with E-state index >= 15 is 0 Å². The summed E-state index contributed by atoms with van der Waals surface area (Å²) in [7, 11) is 3.03. The summed E-state index contributed by atoms with van der Waals surface area (Å²) in [5.74, 6) is -0.529. The number of esters is 1. The van der Waals surface area contributed by atoms with Gasteiger partial charge in [0, 0.05) is 30.6 Å². The lowest BCUT2D eigenvalue weighted by molar-refractivity contribution is -0.141. The number of hydrogen-bond donors (Lipinski definition) is 0. The lowest BCUT2D eigenvalue weighted by Gasteiger charge is -2.20. The van der Waals surface area contributed by atoms with E-state index in [1.807, 2.05) is 44.2 Å². The lowest BCUT2D eigenvalue weighted by Crippen LogP contribution is -2.28. The van der Waals surface area contributed by atoms with Crippen LogP contribution in [0.5, 0.6) is 0 Å². The van der Waals surface area contributed by atoms with Crippen LogP contribution in [0.15, 0.2) is 34.9 Å². The van der Waals surface area contributed by atoms with Crippen molar-refractivity contribution in [3.63, 3.8) is 0 Å². The number of methoxy groups -OCH3 is 1. The van der Waals surface area contributed by atoms with Crippen molar-refractivity contribution in [2.45, 2.75) is 32.6 Å². The summed E-state index contributed by atoms with van der Waals surface area (Å²) in [6.07, 6.45) is 0.106. The van der Waals surface area contributed by atoms with Gasteiger partial charge in [-0.15, -0.1) is 10.2 Å². The first-order valence-electron chi connectivity index (χ1n) is 9.05. The van der Waals surface area contributed by atoms with Crippen molar-refractivity contribution in [2.24, 2.45) is 0 Å². The number of ether oxygens (including phenoxy) is 1. The Morgan fingerprint density at radius 3 is 2.52 bits per heavy atom. The predicted octanol–water partition coefficient (Wildman–Crippen LogP) is 3.51. The van der Waals surface area contributed by atoms with Gasteiger partial charge in [0.2, 0.25) is 11.7 Å². The van der Waals surface area contributed by atoms with E-state index in [0.29, 0.717) is 16.5 Å². The van der Waals surface area contributed by atoms with Crippen LogP contribution in [0, 0.1) is 13.8 Å². The number of carbonyl (C=O) groups excluding carboxylic acids is 2. The SMILES string of the molecule is COC(=O)CC(CC(=O)N(C)c1ccccc1)c1noc(-c2nnc(C)s2)c1C. The highest BCUT2D eigenvalue weighted by Gasteiger charge is 2.29. The number of benzene rings is 1. The van der Waals surface area contributed by atoms with Crippen LogP contribution in [-0.2, 0) is 14.3 Å². The maximum atomic E-state index is 12.9. The van der Waals surface area contributed by atoms with Crippen LogP contribution in [0.2, 0.25) is 0 Å². The number of rotatable bonds is 7. The molecule has 29 heavy (non-hydrogen) atoms. The largest absolute Gasteiger partial charge is 0.469 e. The Bertz CT molecular complexity index is 999. The van der Waals surface area contributed by atoms with E-state index < -0.39 is 11.9 Å². The Morgan fingerprint density at radius 1 is 1.17 bits per heavy atom. The zero-order valence-corrected chi connectivity index (χ0v) is 17.5. The molecule has 2 aromatic heterocycles. The first kappa shape index (κ1) is 20.7. The zero-order valence-electron chi connectivity index (χ0n) is 16.7. The summed E-state index contributed by atoms with van der Waals surface area (Å²) in [5.41, 5.74) is 2.06. The van der Waals surface area contributed by atoms with Crippen molar-refractivity contribution in [3.8, 4) is 10.8 Å². The predicted molar refractivity (Wildman–Crippen MR) is 109 cm³/mol. The number of nitrogens with zero attached hydrogens (tertiary/aromatic N) is 4. The molecule has 9 heteroatoms. The molecule has 0 spiro atoms. The first-order chi connectivity index (χ1) is 13.9. The molecule has 1 atom stereocenters. The highest BCUT2D eigenvalue weighted by atomic mass is 32.1. The van der Waals surface area contributed by atoms with Crippen molar-refractivity contribution in [1.82, 2.24) is 15.4 Å². The Kier molecular flexibility index (Phi) is 6.38. The standard InChI is InChI=1S/C20H22N4O4S/c1-12-18(23-28-19(12)20-22-21-13(2)29-20)14(11-17(26)27-4)10-16(25)24(3)15-8-6-5-7-9-15/h5-9,14H,10-11H2,1-4H3. The molecule has 0 radical (unpaired) electrons. The molecule has 8 nitrogen and oxygen atoms in total. The summed E-state index contributed by atoms with van der Waals surface area (Å²) in [5, 5.41) is 13.7. The minimum absolute atomic E-state index is 0.0207. The smallest absolute Gasteiger partial charge is 0.306 e. The molecule has 152 valence electrons. The molecule has 0 saturated carbocycles. The molecule has 2 heterocycles. The van der Waals surface area contributed by atoms with Gasteiger partial charge < -0.3 is 14.2 Å². The molecule has 0 fully saturated rings. The van der Waals surface area contributed by atoms with Crippen molar-refractivity contribution in [1.29, 1.82) is 0 Å². The van der Waals surface area contributed by atoms with Crippen LogP contribution < -0.4 is 4.90 Å². The third-order valence-corrected chi connectivity index (χ3v) is 5.48. The van der Waals surface area contributed by atoms with E-state index in [2.05, 4.69) is 15.4 Å². The maximum absolute atomic E-state index is 12.9. The first-order valence-corrected chi connectivity index (χ1v) is 9.87.